The fourth-order valence-corrected chi connectivity index (χ4v) is 2.78. The molecule has 1 amide bonds. The zero-order valence-electron chi connectivity index (χ0n) is 14.3. The topological polar surface area (TPSA) is 76.7 Å². The van der Waals surface area contributed by atoms with Crippen LogP contribution in [0.25, 0.3) is 6.08 Å². The van der Waals surface area contributed by atoms with E-state index in [2.05, 4.69) is 10.6 Å². The van der Waals surface area contributed by atoms with E-state index in [1.807, 2.05) is 0 Å². The number of halogens is 1. The molecular formula is C19H17ClN2O4. The van der Waals surface area contributed by atoms with Crippen molar-refractivity contribution in [1.82, 2.24) is 0 Å². The van der Waals surface area contributed by atoms with E-state index in [1.165, 1.54) is 13.2 Å². The lowest BCUT2D eigenvalue weighted by Crippen LogP contribution is -2.10. The average Bonchev–Trinajstić information content (AvgIpc) is 2.74. The first-order valence-electron chi connectivity index (χ1n) is 7.96. The lowest BCUT2D eigenvalue weighted by atomic mass is 10.1. The monoisotopic (exact) mass is 372 g/mol. The first-order chi connectivity index (χ1) is 12.5. The first-order valence-corrected chi connectivity index (χ1v) is 8.34. The minimum absolute atomic E-state index is 0.256. The highest BCUT2D eigenvalue weighted by atomic mass is 35.5. The maximum atomic E-state index is 12.5. The van der Waals surface area contributed by atoms with Gasteiger partial charge in [-0.2, -0.15) is 0 Å². The largest absolute Gasteiger partial charge is 0.496 e. The van der Waals surface area contributed by atoms with Gasteiger partial charge in [-0.25, -0.2) is 4.79 Å². The van der Waals surface area contributed by atoms with Crippen LogP contribution in [0.2, 0.25) is 5.02 Å². The zero-order valence-corrected chi connectivity index (χ0v) is 15.0. The predicted octanol–water partition coefficient (Wildman–Crippen LogP) is 4.23. The van der Waals surface area contributed by atoms with Gasteiger partial charge in [-0.1, -0.05) is 11.6 Å². The van der Waals surface area contributed by atoms with Crippen molar-refractivity contribution in [1.29, 1.82) is 0 Å². The molecule has 6 nitrogen and oxygen atoms in total. The summed E-state index contributed by atoms with van der Waals surface area (Å²) in [5.41, 5.74) is 2.93. The molecule has 0 spiro atoms. The van der Waals surface area contributed by atoms with Crippen molar-refractivity contribution < 1.29 is 19.1 Å². The Morgan fingerprint density at radius 2 is 1.92 bits per heavy atom. The number of amides is 1. The van der Waals surface area contributed by atoms with Crippen LogP contribution in [0.15, 0.2) is 36.4 Å². The molecule has 1 aliphatic heterocycles. The second kappa shape index (κ2) is 7.49. The van der Waals surface area contributed by atoms with Gasteiger partial charge < -0.3 is 20.1 Å². The third kappa shape index (κ3) is 3.65. The molecular weight excluding hydrogens is 356 g/mol. The smallest absolute Gasteiger partial charge is 0.330 e. The van der Waals surface area contributed by atoms with Crippen LogP contribution in [0.5, 0.6) is 5.75 Å². The fraction of sp³-hybridized carbons (Fsp3) is 0.158. The number of benzene rings is 2. The van der Waals surface area contributed by atoms with Crippen LogP contribution in [-0.4, -0.2) is 25.6 Å². The molecule has 0 aliphatic carbocycles. The van der Waals surface area contributed by atoms with Crippen LogP contribution in [-0.2, 0) is 9.53 Å². The molecule has 26 heavy (non-hydrogen) atoms. The molecule has 0 fully saturated rings. The van der Waals surface area contributed by atoms with Crippen molar-refractivity contribution in [3.05, 3.63) is 52.6 Å². The summed E-state index contributed by atoms with van der Waals surface area (Å²) in [6.07, 6.45) is 2.90. The van der Waals surface area contributed by atoms with Crippen molar-refractivity contribution in [3.8, 4) is 5.75 Å². The number of hydrogen-bond donors (Lipinski definition) is 2. The van der Waals surface area contributed by atoms with E-state index in [9.17, 15) is 9.59 Å². The van der Waals surface area contributed by atoms with Gasteiger partial charge in [-0.05, 0) is 37.3 Å². The molecule has 0 saturated heterocycles. The summed E-state index contributed by atoms with van der Waals surface area (Å²) in [7, 11) is 1.53. The van der Waals surface area contributed by atoms with Crippen molar-refractivity contribution >= 4 is 46.6 Å². The highest BCUT2D eigenvalue weighted by Gasteiger charge is 2.20. The van der Waals surface area contributed by atoms with Gasteiger partial charge in [0.05, 0.1) is 36.3 Å². The van der Waals surface area contributed by atoms with E-state index in [-0.39, 0.29) is 5.91 Å². The number of rotatable bonds is 4. The number of carbonyl (C=O) groups excluding carboxylic acids is 2. The van der Waals surface area contributed by atoms with Gasteiger partial charge in [-0.3, -0.25) is 4.79 Å². The Morgan fingerprint density at radius 1 is 1.15 bits per heavy atom. The maximum absolute atomic E-state index is 12.5. The van der Waals surface area contributed by atoms with Crippen molar-refractivity contribution in [3.63, 3.8) is 0 Å². The summed E-state index contributed by atoms with van der Waals surface area (Å²) in [5, 5.41) is 6.57. The predicted molar refractivity (Wildman–Crippen MR) is 101 cm³/mol. The van der Waals surface area contributed by atoms with E-state index >= 15 is 0 Å². The number of nitrogens with one attached hydrogen (secondary N) is 2. The Bertz CT molecular complexity index is 909. The second-order valence-corrected chi connectivity index (χ2v) is 5.93. The number of methoxy groups -OCH3 is 1. The lowest BCUT2D eigenvalue weighted by molar-refractivity contribution is -0.137. The standard InChI is InChI=1S/C19H17ClN2O4/c1-3-26-18(23)7-4-11-8-15-16(10-17(11)25-2)21-14-9-12(20)5-6-13(14)19(24)22-15/h4-10,21H,3H2,1-2H3,(H,22,24)/b7-4+. The van der Waals surface area contributed by atoms with Crippen molar-refractivity contribution in [2.75, 3.05) is 24.4 Å². The Kier molecular flexibility index (Phi) is 5.14. The molecule has 7 heteroatoms. The molecule has 2 aromatic carbocycles. The number of ether oxygens (including phenoxy) is 2. The van der Waals surface area contributed by atoms with Gasteiger partial charge in [0.1, 0.15) is 5.75 Å². The van der Waals surface area contributed by atoms with Crippen molar-refractivity contribution in [2.24, 2.45) is 0 Å². The molecule has 3 rings (SSSR count). The molecule has 0 aromatic heterocycles. The van der Waals surface area contributed by atoms with Crippen molar-refractivity contribution in [2.45, 2.75) is 6.92 Å². The summed E-state index contributed by atoms with van der Waals surface area (Å²) < 4.78 is 10.3. The molecule has 1 heterocycles. The van der Waals surface area contributed by atoms with E-state index < -0.39 is 5.97 Å². The number of carbonyl (C=O) groups is 2. The molecule has 0 bridgehead atoms. The molecule has 2 aromatic rings. The average molecular weight is 373 g/mol. The third-order valence-electron chi connectivity index (χ3n) is 3.80. The van der Waals surface area contributed by atoms with Gasteiger partial charge >= 0.3 is 5.97 Å². The Hall–Kier alpha value is -2.99. The van der Waals surface area contributed by atoms with E-state index in [4.69, 9.17) is 21.1 Å². The van der Waals surface area contributed by atoms with Gasteiger partial charge in [0.25, 0.3) is 5.91 Å². The van der Waals surface area contributed by atoms with Crippen LogP contribution in [0, 0.1) is 0 Å². The van der Waals surface area contributed by atoms with E-state index in [1.54, 1.807) is 43.3 Å². The minimum Gasteiger partial charge on any atom is -0.496 e. The maximum Gasteiger partial charge on any atom is 0.330 e. The molecule has 0 saturated carbocycles. The number of anilines is 3. The molecule has 134 valence electrons. The summed E-state index contributed by atoms with van der Waals surface area (Å²) in [4.78, 5) is 24.0. The third-order valence-corrected chi connectivity index (χ3v) is 4.03. The normalized spacial score (nSPS) is 12.5. The van der Waals surface area contributed by atoms with Gasteiger partial charge in [0.15, 0.2) is 0 Å². The summed E-state index contributed by atoms with van der Waals surface area (Å²) in [6, 6.07) is 8.47. The molecule has 0 unspecified atom stereocenters. The quantitative estimate of drug-likeness (QED) is 0.620. The lowest BCUT2D eigenvalue weighted by Gasteiger charge is -2.13. The Balaban J connectivity index is 2.01. The molecule has 0 atom stereocenters. The Morgan fingerprint density at radius 3 is 2.65 bits per heavy atom. The minimum atomic E-state index is -0.450. The van der Waals surface area contributed by atoms with Crippen LogP contribution < -0.4 is 15.4 Å². The highest BCUT2D eigenvalue weighted by Crippen LogP contribution is 2.38. The highest BCUT2D eigenvalue weighted by molar-refractivity contribution is 6.31. The number of fused-ring (bicyclic) bond motifs is 2. The number of esters is 1. The van der Waals surface area contributed by atoms with Crippen LogP contribution in [0.1, 0.15) is 22.8 Å². The van der Waals surface area contributed by atoms with E-state index in [0.717, 1.165) is 0 Å². The fourth-order valence-electron chi connectivity index (χ4n) is 2.61. The SMILES string of the molecule is CCOC(=O)/C=C/c1cc2c(cc1OC)Nc1cc(Cl)ccc1C(=O)N2. The first kappa shape index (κ1) is 17.8. The summed E-state index contributed by atoms with van der Waals surface area (Å²) in [5.74, 6) is -0.168. The van der Waals surface area contributed by atoms with Gasteiger partial charge in [0, 0.05) is 22.7 Å². The molecule has 2 N–H and O–H groups in total. The number of hydrogen-bond acceptors (Lipinski definition) is 5. The zero-order chi connectivity index (χ0) is 18.7. The Labute approximate surface area is 155 Å². The van der Waals surface area contributed by atoms with Crippen LogP contribution in [0.4, 0.5) is 17.1 Å². The van der Waals surface area contributed by atoms with Gasteiger partial charge in [-0.15, -0.1) is 0 Å². The van der Waals surface area contributed by atoms with Gasteiger partial charge in [0.2, 0.25) is 0 Å². The second-order valence-electron chi connectivity index (χ2n) is 5.49. The molecule has 1 aliphatic rings. The van der Waals surface area contributed by atoms with Crippen LogP contribution in [0.3, 0.4) is 0 Å². The summed E-state index contributed by atoms with van der Waals surface area (Å²) >= 11 is 6.04. The van der Waals surface area contributed by atoms with E-state index in [0.29, 0.717) is 45.6 Å². The molecule has 0 radical (unpaired) electrons. The van der Waals surface area contributed by atoms with Crippen LogP contribution >= 0.6 is 11.6 Å². The summed E-state index contributed by atoms with van der Waals surface area (Å²) in [6.45, 7) is 2.03.